The molecule has 0 N–H and O–H groups in total. The van der Waals surface area contributed by atoms with Gasteiger partial charge in [-0.3, -0.25) is 0 Å². The molecule has 0 atom stereocenters. The molecule has 0 aliphatic carbocycles. The molecular formula is C18H17BrO3. The van der Waals surface area contributed by atoms with E-state index in [4.69, 9.17) is 14.2 Å². The van der Waals surface area contributed by atoms with Crippen LogP contribution in [0.25, 0.3) is 21.5 Å². The van der Waals surface area contributed by atoms with E-state index < -0.39 is 0 Å². The van der Waals surface area contributed by atoms with Crippen LogP contribution in [0, 0.1) is 0 Å². The summed E-state index contributed by atoms with van der Waals surface area (Å²) in [6.07, 6.45) is 0. The summed E-state index contributed by atoms with van der Waals surface area (Å²) in [6.45, 7) is 0. The van der Waals surface area contributed by atoms with E-state index in [1.165, 1.54) is 10.9 Å². The molecule has 22 heavy (non-hydrogen) atoms. The third-order valence-corrected chi connectivity index (χ3v) is 4.49. The minimum atomic E-state index is 0.620. The predicted molar refractivity (Wildman–Crippen MR) is 93.7 cm³/mol. The highest BCUT2D eigenvalue weighted by molar-refractivity contribution is 9.08. The Bertz CT molecular complexity index is 843. The normalized spacial score (nSPS) is 10.9. The second kappa shape index (κ2) is 6.05. The van der Waals surface area contributed by atoms with Crippen LogP contribution >= 0.6 is 15.9 Å². The van der Waals surface area contributed by atoms with Gasteiger partial charge in [0, 0.05) is 10.7 Å². The van der Waals surface area contributed by atoms with Crippen LogP contribution in [0.5, 0.6) is 17.2 Å². The molecule has 0 radical (unpaired) electrons. The van der Waals surface area contributed by atoms with Gasteiger partial charge in [0.2, 0.25) is 5.75 Å². The highest BCUT2D eigenvalue weighted by Crippen LogP contribution is 2.45. The molecule has 114 valence electrons. The zero-order valence-corrected chi connectivity index (χ0v) is 14.4. The monoisotopic (exact) mass is 360 g/mol. The molecule has 0 unspecified atom stereocenters. The van der Waals surface area contributed by atoms with E-state index in [-0.39, 0.29) is 0 Å². The molecular weight excluding hydrogens is 344 g/mol. The first-order chi connectivity index (χ1) is 10.7. The van der Waals surface area contributed by atoms with Crippen molar-refractivity contribution in [3.63, 3.8) is 0 Å². The first-order valence-electron chi connectivity index (χ1n) is 6.93. The number of alkyl halides is 1. The topological polar surface area (TPSA) is 27.7 Å². The van der Waals surface area contributed by atoms with Gasteiger partial charge in [-0.1, -0.05) is 40.2 Å². The summed E-state index contributed by atoms with van der Waals surface area (Å²) in [7, 11) is 4.91. The SMILES string of the molecule is COc1cc2ccc3ccc(CBr)cc3c2c(OC)c1OC. The Morgan fingerprint density at radius 3 is 2.14 bits per heavy atom. The summed E-state index contributed by atoms with van der Waals surface area (Å²) in [5.41, 5.74) is 1.22. The standard InChI is InChI=1S/C18H17BrO3/c1-20-15-9-13-7-6-12-5-4-11(10-19)8-14(12)16(13)18(22-3)17(15)21-2/h4-9H,10H2,1-3H3. The molecule has 0 amide bonds. The highest BCUT2D eigenvalue weighted by Gasteiger charge is 2.17. The molecule has 4 heteroatoms. The van der Waals surface area contributed by atoms with Crippen LogP contribution in [0.2, 0.25) is 0 Å². The second-order valence-corrected chi connectivity index (χ2v) is 5.56. The third kappa shape index (κ3) is 2.28. The van der Waals surface area contributed by atoms with Gasteiger partial charge in [-0.25, -0.2) is 0 Å². The Hall–Kier alpha value is -1.94. The number of rotatable bonds is 4. The maximum atomic E-state index is 5.66. The van der Waals surface area contributed by atoms with E-state index in [1.807, 2.05) is 6.07 Å². The van der Waals surface area contributed by atoms with Gasteiger partial charge < -0.3 is 14.2 Å². The van der Waals surface area contributed by atoms with Crippen molar-refractivity contribution in [2.45, 2.75) is 5.33 Å². The van der Waals surface area contributed by atoms with Crippen molar-refractivity contribution in [1.82, 2.24) is 0 Å². The van der Waals surface area contributed by atoms with Crippen LogP contribution in [0.4, 0.5) is 0 Å². The van der Waals surface area contributed by atoms with Crippen LogP contribution in [0.15, 0.2) is 36.4 Å². The molecule has 0 bridgehead atoms. The Labute approximate surface area is 137 Å². The van der Waals surface area contributed by atoms with Crippen molar-refractivity contribution in [2.75, 3.05) is 21.3 Å². The smallest absolute Gasteiger partial charge is 0.203 e. The maximum Gasteiger partial charge on any atom is 0.203 e. The van der Waals surface area contributed by atoms with Crippen LogP contribution in [-0.2, 0) is 5.33 Å². The summed E-state index contributed by atoms with van der Waals surface area (Å²) in [4.78, 5) is 0. The lowest BCUT2D eigenvalue weighted by atomic mass is 9.99. The van der Waals surface area contributed by atoms with Crippen LogP contribution in [0.3, 0.4) is 0 Å². The van der Waals surface area contributed by atoms with E-state index in [0.717, 1.165) is 21.5 Å². The number of hydrogen-bond acceptors (Lipinski definition) is 3. The minimum absolute atomic E-state index is 0.620. The predicted octanol–water partition coefficient (Wildman–Crippen LogP) is 4.91. The maximum absolute atomic E-state index is 5.66. The minimum Gasteiger partial charge on any atom is -0.493 e. The molecule has 0 spiro atoms. The Balaban J connectivity index is 2.50. The average molecular weight is 361 g/mol. The number of hydrogen-bond donors (Lipinski definition) is 0. The summed E-state index contributed by atoms with van der Waals surface area (Å²) in [5.74, 6) is 1.99. The van der Waals surface area contributed by atoms with Gasteiger partial charge in [-0.15, -0.1) is 0 Å². The summed E-state index contributed by atoms with van der Waals surface area (Å²) in [5, 5.41) is 5.23. The molecule has 0 saturated heterocycles. The quantitative estimate of drug-likeness (QED) is 0.488. The first kappa shape index (κ1) is 15.0. The number of benzene rings is 3. The average Bonchev–Trinajstić information content (AvgIpc) is 2.58. The van der Waals surface area contributed by atoms with E-state index in [1.54, 1.807) is 21.3 Å². The molecule has 3 nitrogen and oxygen atoms in total. The molecule has 0 aliphatic rings. The van der Waals surface area contributed by atoms with Gasteiger partial charge in [-0.05, 0) is 33.9 Å². The van der Waals surface area contributed by atoms with Gasteiger partial charge in [-0.2, -0.15) is 0 Å². The molecule has 0 aromatic heterocycles. The Morgan fingerprint density at radius 2 is 1.50 bits per heavy atom. The van der Waals surface area contributed by atoms with Crippen molar-refractivity contribution in [1.29, 1.82) is 0 Å². The number of ether oxygens (including phenoxy) is 3. The van der Waals surface area contributed by atoms with Gasteiger partial charge in [0.1, 0.15) is 0 Å². The summed E-state index contributed by atoms with van der Waals surface area (Å²) in [6, 6.07) is 12.6. The van der Waals surface area contributed by atoms with Crippen molar-refractivity contribution >= 4 is 37.5 Å². The van der Waals surface area contributed by atoms with Crippen molar-refractivity contribution < 1.29 is 14.2 Å². The molecule has 0 heterocycles. The lowest BCUT2D eigenvalue weighted by Gasteiger charge is -2.16. The number of fused-ring (bicyclic) bond motifs is 3. The summed E-state index contributed by atoms with van der Waals surface area (Å²) >= 11 is 3.52. The molecule has 3 rings (SSSR count). The van der Waals surface area contributed by atoms with E-state index >= 15 is 0 Å². The van der Waals surface area contributed by atoms with Crippen LogP contribution < -0.4 is 14.2 Å². The molecule has 0 aliphatic heterocycles. The largest absolute Gasteiger partial charge is 0.493 e. The fourth-order valence-electron chi connectivity index (χ4n) is 2.81. The van der Waals surface area contributed by atoms with Crippen LogP contribution in [-0.4, -0.2) is 21.3 Å². The van der Waals surface area contributed by atoms with Crippen molar-refractivity contribution in [2.24, 2.45) is 0 Å². The highest BCUT2D eigenvalue weighted by atomic mass is 79.9. The fraction of sp³-hybridized carbons (Fsp3) is 0.222. The van der Waals surface area contributed by atoms with Crippen molar-refractivity contribution in [3.05, 3.63) is 42.0 Å². The number of halogens is 1. The van der Waals surface area contributed by atoms with Crippen LogP contribution in [0.1, 0.15) is 5.56 Å². The van der Waals surface area contributed by atoms with E-state index in [9.17, 15) is 0 Å². The van der Waals surface area contributed by atoms with Gasteiger partial charge >= 0.3 is 0 Å². The zero-order valence-electron chi connectivity index (χ0n) is 12.8. The van der Waals surface area contributed by atoms with Gasteiger partial charge in [0.25, 0.3) is 0 Å². The van der Waals surface area contributed by atoms with E-state index in [2.05, 4.69) is 46.3 Å². The molecule has 3 aromatic rings. The molecule has 0 saturated carbocycles. The lowest BCUT2D eigenvalue weighted by molar-refractivity contribution is 0.327. The number of methoxy groups -OCH3 is 3. The molecule has 3 aromatic carbocycles. The van der Waals surface area contributed by atoms with Gasteiger partial charge in [0.15, 0.2) is 11.5 Å². The lowest BCUT2D eigenvalue weighted by Crippen LogP contribution is -1.96. The Morgan fingerprint density at radius 1 is 0.818 bits per heavy atom. The fourth-order valence-corrected chi connectivity index (χ4v) is 3.16. The van der Waals surface area contributed by atoms with Gasteiger partial charge in [0.05, 0.1) is 21.3 Å². The first-order valence-corrected chi connectivity index (χ1v) is 8.06. The van der Waals surface area contributed by atoms with E-state index in [0.29, 0.717) is 17.2 Å². The molecule has 0 fully saturated rings. The third-order valence-electron chi connectivity index (χ3n) is 3.84. The Kier molecular flexibility index (Phi) is 4.12. The van der Waals surface area contributed by atoms with Crippen molar-refractivity contribution in [3.8, 4) is 17.2 Å². The zero-order chi connectivity index (χ0) is 15.7. The second-order valence-electron chi connectivity index (χ2n) is 5.00. The summed E-state index contributed by atoms with van der Waals surface area (Å²) < 4.78 is 16.6.